The van der Waals surface area contributed by atoms with Crippen LogP contribution in [0.4, 0.5) is 0 Å². The molecule has 0 amide bonds. The zero-order valence-electron chi connectivity index (χ0n) is 11.3. The Hall–Kier alpha value is -1.91. The molecule has 1 rings (SSSR count). The number of rotatable bonds is 6. The van der Waals surface area contributed by atoms with Gasteiger partial charge in [-0.15, -0.1) is 0 Å². The summed E-state index contributed by atoms with van der Waals surface area (Å²) in [7, 11) is -3.76. The lowest BCUT2D eigenvalue weighted by Gasteiger charge is -2.26. The van der Waals surface area contributed by atoms with Gasteiger partial charge in [0, 0.05) is 12.6 Å². The van der Waals surface area contributed by atoms with Crippen molar-refractivity contribution in [3.05, 3.63) is 29.8 Å². The largest absolute Gasteiger partial charge is 0.481 e. The number of carbonyl (C=O) groups is 1. The molecule has 0 aliphatic rings. The molecule has 0 aliphatic carbocycles. The molecular formula is C13H16N2O4S. The molecule has 1 N–H and O–H groups in total. The van der Waals surface area contributed by atoms with E-state index in [0.717, 1.165) is 4.31 Å². The molecule has 0 aromatic heterocycles. The number of nitrogens with zero attached hydrogens (tertiary/aromatic N) is 2. The van der Waals surface area contributed by atoms with Gasteiger partial charge in [0.15, 0.2) is 0 Å². The maximum atomic E-state index is 12.4. The van der Waals surface area contributed by atoms with Gasteiger partial charge < -0.3 is 5.11 Å². The summed E-state index contributed by atoms with van der Waals surface area (Å²) in [6.07, 6.45) is -0.261. The third kappa shape index (κ3) is 3.56. The van der Waals surface area contributed by atoms with E-state index in [-0.39, 0.29) is 17.9 Å². The fraction of sp³-hybridized carbons (Fsp3) is 0.385. The standard InChI is InChI=1S/C13H16N2O4S/c1-3-15(10(2)8-13(16)17)20(18,19)12-6-4-11(9-14)5-7-12/h4-7,10H,3,8H2,1-2H3,(H,16,17). The summed E-state index contributed by atoms with van der Waals surface area (Å²) in [6.45, 7) is 3.38. The first-order chi connectivity index (χ1) is 9.32. The van der Waals surface area contributed by atoms with E-state index in [0.29, 0.717) is 5.56 Å². The molecule has 108 valence electrons. The Morgan fingerprint density at radius 3 is 2.35 bits per heavy atom. The van der Waals surface area contributed by atoms with Crippen LogP contribution in [0, 0.1) is 11.3 Å². The van der Waals surface area contributed by atoms with Crippen molar-refractivity contribution in [2.45, 2.75) is 31.2 Å². The van der Waals surface area contributed by atoms with Crippen LogP contribution in [-0.2, 0) is 14.8 Å². The van der Waals surface area contributed by atoms with Gasteiger partial charge >= 0.3 is 5.97 Å². The van der Waals surface area contributed by atoms with Crippen LogP contribution in [-0.4, -0.2) is 36.4 Å². The molecule has 0 saturated carbocycles. The van der Waals surface area contributed by atoms with Crippen molar-refractivity contribution in [2.24, 2.45) is 0 Å². The minimum atomic E-state index is -3.76. The number of nitriles is 1. The van der Waals surface area contributed by atoms with E-state index in [9.17, 15) is 13.2 Å². The fourth-order valence-corrected chi connectivity index (χ4v) is 3.55. The summed E-state index contributed by atoms with van der Waals surface area (Å²) in [4.78, 5) is 10.8. The predicted molar refractivity (Wildman–Crippen MR) is 72.4 cm³/mol. The van der Waals surface area contributed by atoms with Gasteiger partial charge in [-0.25, -0.2) is 8.42 Å². The van der Waals surface area contributed by atoms with Crippen LogP contribution in [0.3, 0.4) is 0 Å². The zero-order valence-corrected chi connectivity index (χ0v) is 12.1. The molecule has 0 heterocycles. The van der Waals surface area contributed by atoms with Crippen molar-refractivity contribution in [3.8, 4) is 6.07 Å². The van der Waals surface area contributed by atoms with E-state index in [1.165, 1.54) is 24.3 Å². The molecule has 0 spiro atoms. The first kappa shape index (κ1) is 16.1. The molecule has 20 heavy (non-hydrogen) atoms. The van der Waals surface area contributed by atoms with E-state index in [1.54, 1.807) is 13.8 Å². The van der Waals surface area contributed by atoms with Crippen molar-refractivity contribution >= 4 is 16.0 Å². The Labute approximate surface area is 118 Å². The maximum Gasteiger partial charge on any atom is 0.304 e. The summed E-state index contributed by atoms with van der Waals surface area (Å²) >= 11 is 0. The van der Waals surface area contributed by atoms with Gasteiger partial charge in [-0.05, 0) is 31.2 Å². The van der Waals surface area contributed by atoms with Gasteiger partial charge in [0.25, 0.3) is 0 Å². The van der Waals surface area contributed by atoms with Crippen molar-refractivity contribution < 1.29 is 18.3 Å². The van der Waals surface area contributed by atoms with E-state index in [4.69, 9.17) is 10.4 Å². The predicted octanol–water partition coefficient (Wildman–Crippen LogP) is 1.43. The summed E-state index contributed by atoms with van der Waals surface area (Å²) in [5.41, 5.74) is 0.366. The average molecular weight is 296 g/mol. The normalized spacial score (nSPS) is 12.9. The summed E-state index contributed by atoms with van der Waals surface area (Å²) < 4.78 is 26.0. The molecule has 0 fully saturated rings. The molecule has 6 nitrogen and oxygen atoms in total. The highest BCUT2D eigenvalue weighted by Crippen LogP contribution is 2.19. The Balaban J connectivity index is 3.11. The number of carboxylic acids is 1. The molecule has 0 aliphatic heterocycles. The first-order valence-corrected chi connectivity index (χ1v) is 7.50. The van der Waals surface area contributed by atoms with Gasteiger partial charge in [-0.3, -0.25) is 4.79 Å². The Bertz CT molecular complexity index is 617. The van der Waals surface area contributed by atoms with Crippen LogP contribution in [0.15, 0.2) is 29.2 Å². The smallest absolute Gasteiger partial charge is 0.304 e. The molecule has 1 aromatic rings. The third-order valence-electron chi connectivity index (χ3n) is 2.86. The van der Waals surface area contributed by atoms with Crippen LogP contribution in [0.2, 0.25) is 0 Å². The van der Waals surface area contributed by atoms with Gasteiger partial charge in [-0.2, -0.15) is 9.57 Å². The van der Waals surface area contributed by atoms with Crippen LogP contribution in [0.1, 0.15) is 25.8 Å². The van der Waals surface area contributed by atoms with Crippen molar-refractivity contribution in [2.75, 3.05) is 6.54 Å². The van der Waals surface area contributed by atoms with E-state index in [2.05, 4.69) is 0 Å². The lowest BCUT2D eigenvalue weighted by Crippen LogP contribution is -2.39. The second kappa shape index (κ2) is 6.50. The summed E-state index contributed by atoms with van der Waals surface area (Å²) in [5.74, 6) is -1.05. The van der Waals surface area contributed by atoms with Gasteiger partial charge in [0.2, 0.25) is 10.0 Å². The highest BCUT2D eigenvalue weighted by Gasteiger charge is 2.28. The second-order valence-corrected chi connectivity index (χ2v) is 6.18. The Kier molecular flexibility index (Phi) is 5.25. The van der Waals surface area contributed by atoms with Crippen LogP contribution in [0.5, 0.6) is 0 Å². The second-order valence-electron chi connectivity index (χ2n) is 4.29. The highest BCUT2D eigenvalue weighted by molar-refractivity contribution is 7.89. The van der Waals surface area contributed by atoms with Crippen LogP contribution in [0.25, 0.3) is 0 Å². The molecule has 0 bridgehead atoms. The first-order valence-electron chi connectivity index (χ1n) is 6.06. The van der Waals surface area contributed by atoms with Crippen molar-refractivity contribution in [1.29, 1.82) is 5.26 Å². The fourth-order valence-electron chi connectivity index (χ4n) is 1.91. The summed E-state index contributed by atoms with van der Waals surface area (Å²) in [5, 5.41) is 17.5. The third-order valence-corrected chi connectivity index (χ3v) is 4.97. The quantitative estimate of drug-likeness (QED) is 0.856. The molecule has 1 atom stereocenters. The molecule has 0 radical (unpaired) electrons. The number of benzene rings is 1. The summed E-state index contributed by atoms with van der Waals surface area (Å²) in [6, 6.07) is 6.81. The monoisotopic (exact) mass is 296 g/mol. The van der Waals surface area contributed by atoms with Crippen molar-refractivity contribution in [3.63, 3.8) is 0 Å². The molecule has 0 saturated heterocycles. The van der Waals surface area contributed by atoms with E-state index >= 15 is 0 Å². The van der Waals surface area contributed by atoms with E-state index in [1.807, 2.05) is 6.07 Å². The number of hydrogen-bond acceptors (Lipinski definition) is 4. The SMILES string of the molecule is CCN(C(C)CC(=O)O)S(=O)(=O)c1ccc(C#N)cc1. The Morgan fingerprint density at radius 1 is 1.40 bits per heavy atom. The maximum absolute atomic E-state index is 12.4. The van der Waals surface area contributed by atoms with Gasteiger partial charge in [0.05, 0.1) is 22.9 Å². The highest BCUT2D eigenvalue weighted by atomic mass is 32.2. The number of carboxylic acid groups (broad SMARTS) is 1. The molecular weight excluding hydrogens is 280 g/mol. The topological polar surface area (TPSA) is 98.5 Å². The number of hydrogen-bond donors (Lipinski definition) is 1. The zero-order chi connectivity index (χ0) is 15.3. The average Bonchev–Trinajstić information content (AvgIpc) is 2.38. The minimum absolute atomic E-state index is 0.0515. The van der Waals surface area contributed by atoms with Crippen LogP contribution >= 0.6 is 0 Å². The van der Waals surface area contributed by atoms with Crippen LogP contribution < -0.4 is 0 Å². The lowest BCUT2D eigenvalue weighted by molar-refractivity contribution is -0.137. The van der Waals surface area contributed by atoms with Crippen molar-refractivity contribution in [1.82, 2.24) is 4.31 Å². The molecule has 7 heteroatoms. The minimum Gasteiger partial charge on any atom is -0.481 e. The van der Waals surface area contributed by atoms with Gasteiger partial charge in [-0.1, -0.05) is 6.92 Å². The molecule has 1 unspecified atom stereocenters. The number of sulfonamides is 1. The molecule has 1 aromatic carbocycles. The van der Waals surface area contributed by atoms with Gasteiger partial charge in [0.1, 0.15) is 0 Å². The van der Waals surface area contributed by atoms with E-state index < -0.39 is 22.0 Å². The lowest BCUT2D eigenvalue weighted by atomic mass is 10.2. The Morgan fingerprint density at radius 2 is 1.95 bits per heavy atom. The number of aliphatic carboxylic acids is 1.